The molecule has 0 N–H and O–H groups in total. The molecule has 0 aromatic heterocycles. The van der Waals surface area contributed by atoms with Gasteiger partial charge in [-0.1, -0.05) is 73.6 Å². The van der Waals surface area contributed by atoms with Gasteiger partial charge in [0.2, 0.25) is 0 Å². The summed E-state index contributed by atoms with van der Waals surface area (Å²) >= 11 is 0. The first-order valence-corrected chi connectivity index (χ1v) is 7.23. The standard InChI is InChI=1S/C16H9Si.C2H6/c17-14-9-7-12-5-4-10-2-1-3-11-6-8-13(14)16(12)15(10)11;1-2/h1-9H;1-2H3. The van der Waals surface area contributed by atoms with Crippen LogP contribution in [-0.2, 0) is 0 Å². The van der Waals surface area contributed by atoms with Gasteiger partial charge < -0.3 is 0 Å². The number of hydrogen-bond donors (Lipinski definition) is 0. The molecule has 0 saturated heterocycles. The molecule has 0 saturated carbocycles. The molecular formula is C18H15Si. The first kappa shape index (κ1) is 12.2. The van der Waals surface area contributed by atoms with Crippen LogP contribution in [0.2, 0.25) is 0 Å². The molecule has 3 radical (unpaired) electrons. The summed E-state index contributed by atoms with van der Waals surface area (Å²) in [6.45, 7) is 4.00. The van der Waals surface area contributed by atoms with Gasteiger partial charge in [0.25, 0.3) is 0 Å². The van der Waals surface area contributed by atoms with E-state index in [1.165, 1.54) is 32.3 Å². The van der Waals surface area contributed by atoms with Gasteiger partial charge in [-0.25, -0.2) is 0 Å². The van der Waals surface area contributed by atoms with Crippen molar-refractivity contribution in [3.63, 3.8) is 0 Å². The third kappa shape index (κ3) is 1.73. The molecule has 0 spiro atoms. The molecule has 4 rings (SSSR count). The molecule has 1 heteroatoms. The second-order valence-corrected chi connectivity index (χ2v) is 5.01. The van der Waals surface area contributed by atoms with Crippen molar-refractivity contribution in [2.75, 3.05) is 0 Å². The Morgan fingerprint density at radius 3 is 1.84 bits per heavy atom. The minimum atomic E-state index is 1.16. The minimum absolute atomic E-state index is 1.16. The highest BCUT2D eigenvalue weighted by molar-refractivity contribution is 6.42. The van der Waals surface area contributed by atoms with E-state index in [2.05, 4.69) is 64.8 Å². The van der Waals surface area contributed by atoms with Crippen molar-refractivity contribution in [1.82, 2.24) is 0 Å². The van der Waals surface area contributed by atoms with Crippen molar-refractivity contribution in [3.05, 3.63) is 54.6 Å². The van der Waals surface area contributed by atoms with E-state index < -0.39 is 0 Å². The number of rotatable bonds is 0. The Hall–Kier alpha value is -1.86. The molecule has 0 fully saturated rings. The molecule has 19 heavy (non-hydrogen) atoms. The van der Waals surface area contributed by atoms with Gasteiger partial charge in [0.1, 0.15) is 0 Å². The van der Waals surface area contributed by atoms with Gasteiger partial charge in [0.05, 0.1) is 10.2 Å². The summed E-state index contributed by atoms with van der Waals surface area (Å²) in [6, 6.07) is 19.6. The predicted octanol–water partition coefficient (Wildman–Crippen LogP) is 4.40. The highest BCUT2D eigenvalue weighted by Crippen LogP contribution is 2.33. The maximum atomic E-state index is 3.70. The van der Waals surface area contributed by atoms with Gasteiger partial charge in [-0.3, -0.25) is 0 Å². The SMILES string of the molecule is CC.[Si]c1ccc2ccc3cccc4ccc1c2c34. The highest BCUT2D eigenvalue weighted by Gasteiger charge is 2.08. The van der Waals surface area contributed by atoms with Crippen molar-refractivity contribution in [2.45, 2.75) is 13.8 Å². The smallest absolute Gasteiger partial charge is 0.0683 e. The lowest BCUT2D eigenvalue weighted by atomic mass is 9.94. The van der Waals surface area contributed by atoms with Gasteiger partial charge in [-0.15, -0.1) is 0 Å². The molecule has 0 bridgehead atoms. The van der Waals surface area contributed by atoms with E-state index >= 15 is 0 Å². The van der Waals surface area contributed by atoms with Gasteiger partial charge in [-0.2, -0.15) is 0 Å². The van der Waals surface area contributed by atoms with E-state index in [4.69, 9.17) is 0 Å². The molecular weight excluding hydrogens is 244 g/mol. The molecule has 0 atom stereocenters. The Morgan fingerprint density at radius 2 is 1.16 bits per heavy atom. The van der Waals surface area contributed by atoms with E-state index in [1.54, 1.807) is 0 Å². The summed E-state index contributed by atoms with van der Waals surface area (Å²) in [7, 11) is 3.70. The van der Waals surface area contributed by atoms with E-state index in [9.17, 15) is 0 Å². The topological polar surface area (TPSA) is 0 Å². The Kier molecular flexibility index (Phi) is 3.00. The van der Waals surface area contributed by atoms with Crippen molar-refractivity contribution in [1.29, 1.82) is 0 Å². The largest absolute Gasteiger partial charge is 0.0720 e. The lowest BCUT2D eigenvalue weighted by Crippen LogP contribution is -2.03. The Morgan fingerprint density at radius 1 is 0.632 bits per heavy atom. The van der Waals surface area contributed by atoms with Crippen molar-refractivity contribution >= 4 is 47.7 Å². The zero-order chi connectivity index (χ0) is 13.4. The zero-order valence-electron chi connectivity index (χ0n) is 11.2. The molecule has 0 aliphatic heterocycles. The molecule has 91 valence electrons. The van der Waals surface area contributed by atoms with E-state index in [1.807, 2.05) is 13.8 Å². The summed E-state index contributed by atoms with van der Waals surface area (Å²) in [5, 5.41) is 9.15. The van der Waals surface area contributed by atoms with Crippen LogP contribution in [0.15, 0.2) is 54.6 Å². The first-order chi connectivity index (χ1) is 9.34. The van der Waals surface area contributed by atoms with E-state index in [0.29, 0.717) is 0 Å². The van der Waals surface area contributed by atoms with Crippen molar-refractivity contribution in [3.8, 4) is 0 Å². The molecule has 0 unspecified atom stereocenters. The molecule has 0 aliphatic rings. The quantitative estimate of drug-likeness (QED) is 0.324. The average Bonchev–Trinajstić information content (AvgIpc) is 2.49. The fourth-order valence-corrected chi connectivity index (χ4v) is 3.03. The second kappa shape index (κ2) is 4.67. The lowest BCUT2D eigenvalue weighted by Gasteiger charge is -2.11. The van der Waals surface area contributed by atoms with Crippen LogP contribution in [0.3, 0.4) is 0 Å². The van der Waals surface area contributed by atoms with Gasteiger partial charge in [0.15, 0.2) is 0 Å². The highest BCUT2D eigenvalue weighted by atomic mass is 28.1. The number of benzene rings is 4. The van der Waals surface area contributed by atoms with Crippen molar-refractivity contribution < 1.29 is 0 Å². The van der Waals surface area contributed by atoms with E-state index in [0.717, 1.165) is 5.19 Å². The monoisotopic (exact) mass is 259 g/mol. The Labute approximate surface area is 116 Å². The van der Waals surface area contributed by atoms with Crippen LogP contribution < -0.4 is 5.19 Å². The summed E-state index contributed by atoms with van der Waals surface area (Å²) in [5.74, 6) is 0. The van der Waals surface area contributed by atoms with Crippen LogP contribution in [0.5, 0.6) is 0 Å². The van der Waals surface area contributed by atoms with Crippen LogP contribution in [0.4, 0.5) is 0 Å². The minimum Gasteiger partial charge on any atom is -0.0683 e. The van der Waals surface area contributed by atoms with E-state index in [-0.39, 0.29) is 0 Å². The second-order valence-electron chi connectivity index (χ2n) is 4.47. The summed E-state index contributed by atoms with van der Waals surface area (Å²) in [5.41, 5.74) is 0. The van der Waals surface area contributed by atoms with Crippen LogP contribution in [0.1, 0.15) is 13.8 Å². The molecule has 0 nitrogen and oxygen atoms in total. The van der Waals surface area contributed by atoms with Crippen LogP contribution in [-0.4, -0.2) is 10.2 Å². The Bertz CT molecular complexity index is 830. The van der Waals surface area contributed by atoms with Gasteiger partial charge in [0, 0.05) is 0 Å². The molecule has 4 aromatic rings. The summed E-state index contributed by atoms with van der Waals surface area (Å²) in [4.78, 5) is 0. The third-order valence-electron chi connectivity index (χ3n) is 3.53. The fourth-order valence-electron chi connectivity index (χ4n) is 2.74. The first-order valence-electron chi connectivity index (χ1n) is 6.73. The fraction of sp³-hybridized carbons (Fsp3) is 0.111. The zero-order valence-corrected chi connectivity index (χ0v) is 12.2. The maximum absolute atomic E-state index is 3.70. The Balaban J connectivity index is 0.000000528. The van der Waals surface area contributed by atoms with Crippen molar-refractivity contribution in [2.24, 2.45) is 0 Å². The maximum Gasteiger partial charge on any atom is 0.0720 e. The van der Waals surface area contributed by atoms with Gasteiger partial charge in [-0.05, 0) is 32.3 Å². The summed E-state index contributed by atoms with van der Waals surface area (Å²) in [6.07, 6.45) is 0. The summed E-state index contributed by atoms with van der Waals surface area (Å²) < 4.78 is 0. The molecule has 4 aromatic carbocycles. The molecule has 0 heterocycles. The van der Waals surface area contributed by atoms with Gasteiger partial charge >= 0.3 is 0 Å². The van der Waals surface area contributed by atoms with Crippen LogP contribution >= 0.6 is 0 Å². The lowest BCUT2D eigenvalue weighted by molar-refractivity contribution is 1.50. The molecule has 0 amide bonds. The predicted molar refractivity (Wildman–Crippen MR) is 86.9 cm³/mol. The number of hydrogen-bond acceptors (Lipinski definition) is 0. The average molecular weight is 259 g/mol. The normalized spacial score (nSPS) is 10.9. The third-order valence-corrected chi connectivity index (χ3v) is 3.96. The molecule has 0 aliphatic carbocycles. The van der Waals surface area contributed by atoms with Crippen LogP contribution in [0, 0.1) is 0 Å². The van der Waals surface area contributed by atoms with Crippen LogP contribution in [0.25, 0.3) is 32.3 Å².